The van der Waals surface area contributed by atoms with Crippen LogP contribution in [0.25, 0.3) is 0 Å². The molecule has 0 radical (unpaired) electrons. The van der Waals surface area contributed by atoms with Gasteiger partial charge in [0, 0.05) is 12.5 Å². The lowest BCUT2D eigenvalue weighted by Crippen LogP contribution is -2.35. The number of rotatable bonds is 4. The van der Waals surface area contributed by atoms with Crippen molar-refractivity contribution in [1.29, 1.82) is 0 Å². The van der Waals surface area contributed by atoms with Crippen LogP contribution in [0.15, 0.2) is 18.2 Å². The van der Waals surface area contributed by atoms with Crippen LogP contribution in [0.1, 0.15) is 33.3 Å². The predicted octanol–water partition coefficient (Wildman–Crippen LogP) is 2.70. The molecule has 0 saturated carbocycles. The van der Waals surface area contributed by atoms with Gasteiger partial charge in [-0.25, -0.2) is 0 Å². The summed E-state index contributed by atoms with van der Waals surface area (Å²) in [5.74, 6) is 0.474. The number of benzene rings is 1. The highest BCUT2D eigenvalue weighted by Crippen LogP contribution is 2.27. The van der Waals surface area contributed by atoms with E-state index in [2.05, 4.69) is 5.32 Å². The van der Waals surface area contributed by atoms with Crippen molar-refractivity contribution in [3.05, 3.63) is 23.8 Å². The van der Waals surface area contributed by atoms with Crippen LogP contribution in [0.2, 0.25) is 0 Å². The van der Waals surface area contributed by atoms with E-state index in [9.17, 15) is 9.90 Å². The maximum atomic E-state index is 12.0. The van der Waals surface area contributed by atoms with Gasteiger partial charge in [0.05, 0.1) is 7.11 Å². The molecule has 0 aromatic heterocycles. The van der Waals surface area contributed by atoms with Crippen molar-refractivity contribution in [3.63, 3.8) is 0 Å². The fourth-order valence-corrected chi connectivity index (χ4v) is 1.57. The molecule has 0 aliphatic rings. The van der Waals surface area contributed by atoms with Gasteiger partial charge in [0.15, 0.2) is 11.5 Å². The summed E-state index contributed by atoms with van der Waals surface area (Å²) in [6, 6.07) is 5.05. The highest BCUT2D eigenvalue weighted by Gasteiger charge is 2.26. The zero-order valence-corrected chi connectivity index (χ0v) is 12.3. The molecule has 4 heteroatoms. The number of carbonyl (C=O) groups excluding carboxylic acids is 1. The number of phenolic OH excluding ortho intramolecular Hbond substituents is 1. The normalized spacial score (nSPS) is 12.9. The molecule has 4 nitrogen and oxygen atoms in total. The fourth-order valence-electron chi connectivity index (χ4n) is 1.57. The lowest BCUT2D eigenvalue weighted by molar-refractivity contribution is -0.127. The number of methoxy groups -OCH3 is 1. The van der Waals surface area contributed by atoms with Crippen LogP contribution in [0.4, 0.5) is 0 Å². The van der Waals surface area contributed by atoms with Crippen LogP contribution in [0.3, 0.4) is 0 Å². The third kappa shape index (κ3) is 4.16. The van der Waals surface area contributed by atoms with Gasteiger partial charge < -0.3 is 15.2 Å². The number of hydrogen-bond acceptors (Lipinski definition) is 3. The summed E-state index contributed by atoms with van der Waals surface area (Å²) < 4.78 is 5.03. The fraction of sp³-hybridized carbons (Fsp3) is 0.533. The summed E-state index contributed by atoms with van der Waals surface area (Å²) in [5.41, 5.74) is 0.834. The second kappa shape index (κ2) is 5.95. The lowest BCUT2D eigenvalue weighted by Gasteiger charge is -2.26. The van der Waals surface area contributed by atoms with Crippen LogP contribution in [0, 0.1) is 11.3 Å². The van der Waals surface area contributed by atoms with Gasteiger partial charge in [-0.3, -0.25) is 4.79 Å². The third-order valence-corrected chi connectivity index (χ3v) is 3.40. The van der Waals surface area contributed by atoms with Crippen molar-refractivity contribution in [2.45, 2.75) is 34.2 Å². The molecule has 1 amide bonds. The van der Waals surface area contributed by atoms with E-state index in [1.807, 2.05) is 27.7 Å². The second-order valence-electron chi connectivity index (χ2n) is 5.81. The molecule has 2 N–H and O–H groups in total. The molecule has 0 heterocycles. The minimum absolute atomic E-state index is 0.0274. The van der Waals surface area contributed by atoms with E-state index in [1.54, 1.807) is 18.2 Å². The third-order valence-electron chi connectivity index (χ3n) is 3.40. The number of amides is 1. The molecule has 1 unspecified atom stereocenters. The Morgan fingerprint density at radius 3 is 2.58 bits per heavy atom. The maximum Gasteiger partial charge on any atom is 0.223 e. The highest BCUT2D eigenvalue weighted by molar-refractivity contribution is 5.79. The molecular formula is C15H23NO3. The highest BCUT2D eigenvalue weighted by atomic mass is 16.5. The molecule has 1 aromatic carbocycles. The van der Waals surface area contributed by atoms with Crippen molar-refractivity contribution in [3.8, 4) is 11.5 Å². The van der Waals surface area contributed by atoms with Gasteiger partial charge in [-0.15, -0.1) is 0 Å². The first-order valence-corrected chi connectivity index (χ1v) is 6.39. The van der Waals surface area contributed by atoms with Gasteiger partial charge in [-0.05, 0) is 23.1 Å². The molecule has 106 valence electrons. The number of hydrogen-bond donors (Lipinski definition) is 2. The number of carbonyl (C=O) groups is 1. The van der Waals surface area contributed by atoms with Gasteiger partial charge in [-0.1, -0.05) is 33.8 Å². The number of aromatic hydroxyl groups is 1. The summed E-state index contributed by atoms with van der Waals surface area (Å²) in [6.45, 7) is 8.48. The Morgan fingerprint density at radius 2 is 2.05 bits per heavy atom. The van der Waals surface area contributed by atoms with Crippen molar-refractivity contribution in [1.82, 2.24) is 5.32 Å². The topological polar surface area (TPSA) is 58.6 Å². The van der Waals surface area contributed by atoms with Crippen molar-refractivity contribution in [2.75, 3.05) is 7.11 Å². The molecular weight excluding hydrogens is 242 g/mol. The van der Waals surface area contributed by atoms with Crippen LogP contribution < -0.4 is 10.1 Å². The average molecular weight is 265 g/mol. The summed E-state index contributed by atoms with van der Waals surface area (Å²) in [5, 5.41) is 12.4. The molecule has 0 saturated heterocycles. The van der Waals surface area contributed by atoms with Gasteiger partial charge in [0.25, 0.3) is 0 Å². The average Bonchev–Trinajstić information content (AvgIpc) is 2.35. The quantitative estimate of drug-likeness (QED) is 0.880. The standard InChI is InChI=1S/C15H23NO3/c1-10(15(2,3)4)14(18)16-9-11-6-7-12(17)13(8-11)19-5/h6-8,10,17H,9H2,1-5H3,(H,16,18). The first-order valence-electron chi connectivity index (χ1n) is 6.39. The SMILES string of the molecule is COc1cc(CNC(=O)C(C)C(C)(C)C)ccc1O. The lowest BCUT2D eigenvalue weighted by atomic mass is 9.81. The van der Waals surface area contributed by atoms with Crippen molar-refractivity contribution < 1.29 is 14.6 Å². The van der Waals surface area contributed by atoms with Gasteiger partial charge in [0.2, 0.25) is 5.91 Å². The summed E-state index contributed by atoms with van der Waals surface area (Å²) in [4.78, 5) is 12.0. The number of phenols is 1. The molecule has 1 atom stereocenters. The van der Waals surface area contributed by atoms with Gasteiger partial charge in [0.1, 0.15) is 0 Å². The zero-order valence-electron chi connectivity index (χ0n) is 12.3. The van der Waals surface area contributed by atoms with E-state index < -0.39 is 0 Å². The van der Waals surface area contributed by atoms with Crippen LogP contribution >= 0.6 is 0 Å². The first-order chi connectivity index (χ1) is 8.75. The first kappa shape index (κ1) is 15.3. The van der Waals surface area contributed by atoms with Crippen molar-refractivity contribution >= 4 is 5.91 Å². The molecule has 0 aliphatic carbocycles. The molecule has 0 fully saturated rings. The molecule has 0 spiro atoms. The van der Waals surface area contributed by atoms with Crippen molar-refractivity contribution in [2.24, 2.45) is 11.3 Å². The van der Waals surface area contributed by atoms with E-state index in [1.165, 1.54) is 7.11 Å². The largest absolute Gasteiger partial charge is 0.504 e. The summed E-state index contributed by atoms with van der Waals surface area (Å²) >= 11 is 0. The van der Waals surface area contributed by atoms with E-state index in [4.69, 9.17) is 4.74 Å². The Labute approximate surface area is 114 Å². The van der Waals surface area contributed by atoms with Crippen LogP contribution in [-0.4, -0.2) is 18.1 Å². The Kier molecular flexibility index (Phi) is 4.81. The summed E-state index contributed by atoms with van der Waals surface area (Å²) in [6.07, 6.45) is 0. The number of nitrogens with one attached hydrogen (secondary N) is 1. The zero-order chi connectivity index (χ0) is 14.6. The predicted molar refractivity (Wildman–Crippen MR) is 75.1 cm³/mol. The number of ether oxygens (including phenoxy) is 1. The minimum Gasteiger partial charge on any atom is -0.504 e. The molecule has 1 aromatic rings. The maximum absolute atomic E-state index is 12.0. The molecule has 19 heavy (non-hydrogen) atoms. The van der Waals surface area contributed by atoms with Gasteiger partial charge >= 0.3 is 0 Å². The minimum atomic E-state index is -0.0634. The van der Waals surface area contributed by atoms with Crippen LogP contribution in [0.5, 0.6) is 11.5 Å². The molecule has 0 aliphatic heterocycles. The summed E-state index contributed by atoms with van der Waals surface area (Å²) in [7, 11) is 1.50. The second-order valence-corrected chi connectivity index (χ2v) is 5.81. The van der Waals surface area contributed by atoms with E-state index in [-0.39, 0.29) is 23.0 Å². The molecule has 1 rings (SSSR count). The van der Waals surface area contributed by atoms with E-state index in [0.29, 0.717) is 12.3 Å². The Hall–Kier alpha value is -1.71. The van der Waals surface area contributed by atoms with Gasteiger partial charge in [-0.2, -0.15) is 0 Å². The Balaban J connectivity index is 2.65. The Bertz CT molecular complexity index is 449. The smallest absolute Gasteiger partial charge is 0.223 e. The monoisotopic (exact) mass is 265 g/mol. The molecule has 0 bridgehead atoms. The van der Waals surface area contributed by atoms with Crippen LogP contribution in [-0.2, 0) is 11.3 Å². The van der Waals surface area contributed by atoms with E-state index >= 15 is 0 Å². The Morgan fingerprint density at radius 1 is 1.42 bits per heavy atom. The van der Waals surface area contributed by atoms with E-state index in [0.717, 1.165) is 5.56 Å².